The molecular formula is C14H20N2O2. The minimum absolute atomic E-state index is 0.142. The molecule has 0 saturated heterocycles. The first kappa shape index (κ1) is 12.8. The van der Waals surface area contributed by atoms with Crippen LogP contribution in [0.5, 0.6) is 11.5 Å². The number of fused-ring (bicyclic) bond motifs is 1. The van der Waals surface area contributed by atoms with Crippen LogP contribution in [-0.4, -0.2) is 24.8 Å². The Hall–Kier alpha value is -1.68. The Morgan fingerprint density at radius 3 is 2.39 bits per heavy atom. The summed E-state index contributed by atoms with van der Waals surface area (Å²) >= 11 is 0. The van der Waals surface area contributed by atoms with Crippen LogP contribution in [0.2, 0.25) is 0 Å². The van der Waals surface area contributed by atoms with E-state index in [4.69, 9.17) is 15.2 Å². The first-order valence-electron chi connectivity index (χ1n) is 6.02. The van der Waals surface area contributed by atoms with Gasteiger partial charge in [0.2, 0.25) is 0 Å². The molecule has 0 aliphatic heterocycles. The van der Waals surface area contributed by atoms with Crippen molar-refractivity contribution in [2.24, 2.45) is 12.8 Å². The van der Waals surface area contributed by atoms with Gasteiger partial charge in [0.25, 0.3) is 0 Å². The third kappa shape index (κ3) is 2.16. The SMILES string of the molecule is COc1cc2c(CC(C)N)cn(C)c2cc1OC. The molecular weight excluding hydrogens is 228 g/mol. The molecule has 0 spiro atoms. The Kier molecular flexibility index (Phi) is 3.48. The second-order valence-electron chi connectivity index (χ2n) is 4.67. The van der Waals surface area contributed by atoms with E-state index in [0.29, 0.717) is 0 Å². The molecule has 18 heavy (non-hydrogen) atoms. The topological polar surface area (TPSA) is 49.4 Å². The van der Waals surface area contributed by atoms with Gasteiger partial charge < -0.3 is 19.8 Å². The van der Waals surface area contributed by atoms with Crippen LogP contribution >= 0.6 is 0 Å². The Labute approximate surface area is 107 Å². The lowest BCUT2D eigenvalue weighted by molar-refractivity contribution is 0.355. The highest BCUT2D eigenvalue weighted by atomic mass is 16.5. The largest absolute Gasteiger partial charge is 0.493 e. The van der Waals surface area contributed by atoms with Crippen LogP contribution in [0, 0.1) is 0 Å². The van der Waals surface area contributed by atoms with E-state index in [0.717, 1.165) is 23.4 Å². The molecule has 1 unspecified atom stereocenters. The Morgan fingerprint density at radius 2 is 1.83 bits per heavy atom. The number of aryl methyl sites for hydroxylation is 1. The van der Waals surface area contributed by atoms with E-state index in [1.165, 1.54) is 10.9 Å². The van der Waals surface area contributed by atoms with Gasteiger partial charge in [0.15, 0.2) is 11.5 Å². The van der Waals surface area contributed by atoms with Gasteiger partial charge in [0.05, 0.1) is 19.7 Å². The van der Waals surface area contributed by atoms with Crippen LogP contribution in [0.4, 0.5) is 0 Å². The summed E-state index contributed by atoms with van der Waals surface area (Å²) in [5, 5.41) is 1.17. The molecule has 0 amide bonds. The van der Waals surface area contributed by atoms with Crippen molar-refractivity contribution >= 4 is 10.9 Å². The average Bonchev–Trinajstić information content (AvgIpc) is 2.63. The summed E-state index contributed by atoms with van der Waals surface area (Å²) in [7, 11) is 5.33. The van der Waals surface area contributed by atoms with Gasteiger partial charge in [-0.25, -0.2) is 0 Å². The number of hydrogen-bond acceptors (Lipinski definition) is 3. The van der Waals surface area contributed by atoms with Crippen molar-refractivity contribution in [3.05, 3.63) is 23.9 Å². The highest BCUT2D eigenvalue weighted by Crippen LogP contribution is 2.34. The molecule has 1 atom stereocenters. The Balaban J connectivity index is 2.62. The van der Waals surface area contributed by atoms with Gasteiger partial charge in [-0.3, -0.25) is 0 Å². The number of hydrogen-bond donors (Lipinski definition) is 1. The number of methoxy groups -OCH3 is 2. The zero-order valence-electron chi connectivity index (χ0n) is 11.4. The van der Waals surface area contributed by atoms with Gasteiger partial charge in [-0.15, -0.1) is 0 Å². The maximum Gasteiger partial charge on any atom is 0.162 e. The van der Waals surface area contributed by atoms with Gasteiger partial charge in [-0.1, -0.05) is 0 Å². The standard InChI is InChI=1S/C14H20N2O2/c1-9(15)5-10-8-16(2)12-7-14(18-4)13(17-3)6-11(10)12/h6-9H,5,15H2,1-4H3. The van der Waals surface area contributed by atoms with Gasteiger partial charge in [-0.05, 0) is 25.0 Å². The quantitative estimate of drug-likeness (QED) is 0.901. The lowest BCUT2D eigenvalue weighted by Crippen LogP contribution is -2.17. The summed E-state index contributed by atoms with van der Waals surface area (Å²) in [5.41, 5.74) is 8.25. The summed E-state index contributed by atoms with van der Waals surface area (Å²) in [5.74, 6) is 1.50. The van der Waals surface area contributed by atoms with Gasteiger partial charge in [-0.2, -0.15) is 0 Å². The molecule has 1 aromatic heterocycles. The highest BCUT2D eigenvalue weighted by Gasteiger charge is 2.13. The number of rotatable bonds is 4. The number of nitrogens with two attached hydrogens (primary N) is 1. The molecule has 2 aromatic rings. The maximum atomic E-state index is 5.89. The van der Waals surface area contributed by atoms with Crippen LogP contribution in [0.1, 0.15) is 12.5 Å². The summed E-state index contributed by atoms with van der Waals surface area (Å²) < 4.78 is 12.8. The molecule has 0 aliphatic carbocycles. The molecule has 4 nitrogen and oxygen atoms in total. The molecule has 1 heterocycles. The number of aromatic nitrogens is 1. The summed E-state index contributed by atoms with van der Waals surface area (Å²) in [4.78, 5) is 0. The van der Waals surface area contributed by atoms with Crippen molar-refractivity contribution in [3.63, 3.8) is 0 Å². The van der Waals surface area contributed by atoms with Gasteiger partial charge in [0.1, 0.15) is 0 Å². The number of nitrogens with zero attached hydrogens (tertiary/aromatic N) is 1. The summed E-state index contributed by atoms with van der Waals surface area (Å²) in [6.07, 6.45) is 2.97. The van der Waals surface area contributed by atoms with Crippen molar-refractivity contribution in [1.82, 2.24) is 4.57 Å². The monoisotopic (exact) mass is 248 g/mol. The van der Waals surface area contributed by atoms with Crippen LogP contribution in [0.25, 0.3) is 10.9 Å². The molecule has 0 bridgehead atoms. The van der Waals surface area contributed by atoms with Crippen LogP contribution < -0.4 is 15.2 Å². The fourth-order valence-electron chi connectivity index (χ4n) is 2.30. The fraction of sp³-hybridized carbons (Fsp3) is 0.429. The molecule has 0 saturated carbocycles. The minimum Gasteiger partial charge on any atom is -0.493 e. The molecule has 0 radical (unpaired) electrons. The molecule has 0 fully saturated rings. The second kappa shape index (κ2) is 4.90. The van der Waals surface area contributed by atoms with Crippen LogP contribution in [-0.2, 0) is 13.5 Å². The van der Waals surface area contributed by atoms with Crippen molar-refractivity contribution in [2.75, 3.05) is 14.2 Å². The van der Waals surface area contributed by atoms with E-state index < -0.39 is 0 Å². The minimum atomic E-state index is 0.142. The zero-order valence-corrected chi connectivity index (χ0v) is 11.4. The van der Waals surface area contributed by atoms with Crippen LogP contribution in [0.3, 0.4) is 0 Å². The van der Waals surface area contributed by atoms with E-state index in [-0.39, 0.29) is 6.04 Å². The average molecular weight is 248 g/mol. The van der Waals surface area contributed by atoms with Gasteiger partial charge in [0, 0.05) is 30.7 Å². The first-order chi connectivity index (χ1) is 8.56. The van der Waals surface area contributed by atoms with Crippen LogP contribution in [0.15, 0.2) is 18.3 Å². The third-order valence-electron chi connectivity index (χ3n) is 3.12. The fourth-order valence-corrected chi connectivity index (χ4v) is 2.30. The second-order valence-corrected chi connectivity index (χ2v) is 4.67. The number of ether oxygens (including phenoxy) is 2. The zero-order chi connectivity index (χ0) is 13.3. The third-order valence-corrected chi connectivity index (χ3v) is 3.12. The van der Waals surface area contributed by atoms with E-state index in [9.17, 15) is 0 Å². The lowest BCUT2D eigenvalue weighted by atomic mass is 10.1. The molecule has 0 aliphatic rings. The first-order valence-corrected chi connectivity index (χ1v) is 6.02. The van der Waals surface area contributed by atoms with Crippen molar-refractivity contribution in [2.45, 2.75) is 19.4 Å². The van der Waals surface area contributed by atoms with E-state index in [2.05, 4.69) is 10.8 Å². The smallest absolute Gasteiger partial charge is 0.162 e. The van der Waals surface area contributed by atoms with E-state index >= 15 is 0 Å². The van der Waals surface area contributed by atoms with E-state index in [1.807, 2.05) is 26.1 Å². The summed E-state index contributed by atoms with van der Waals surface area (Å²) in [6.45, 7) is 2.01. The van der Waals surface area contributed by atoms with Crippen molar-refractivity contribution in [3.8, 4) is 11.5 Å². The molecule has 2 rings (SSSR count). The molecule has 4 heteroatoms. The predicted octanol–water partition coefficient (Wildman–Crippen LogP) is 2.09. The van der Waals surface area contributed by atoms with Crippen molar-refractivity contribution < 1.29 is 9.47 Å². The lowest BCUT2D eigenvalue weighted by Gasteiger charge is -2.09. The normalized spacial score (nSPS) is 12.7. The Morgan fingerprint density at radius 1 is 1.22 bits per heavy atom. The maximum absolute atomic E-state index is 5.89. The summed E-state index contributed by atoms with van der Waals surface area (Å²) in [6, 6.07) is 4.16. The number of benzene rings is 1. The molecule has 98 valence electrons. The Bertz CT molecular complexity index is 558. The van der Waals surface area contributed by atoms with E-state index in [1.54, 1.807) is 14.2 Å². The van der Waals surface area contributed by atoms with Crippen molar-refractivity contribution in [1.29, 1.82) is 0 Å². The van der Waals surface area contributed by atoms with Gasteiger partial charge >= 0.3 is 0 Å². The highest BCUT2D eigenvalue weighted by molar-refractivity contribution is 5.87. The molecule has 2 N–H and O–H groups in total. The molecule has 1 aromatic carbocycles. The predicted molar refractivity (Wildman–Crippen MR) is 73.4 cm³/mol.